The summed E-state index contributed by atoms with van der Waals surface area (Å²) in [5.41, 5.74) is 12.6. The molecule has 0 saturated heterocycles. The molecule has 254 valence electrons. The maximum Gasteiger partial charge on any atom is 0.211 e. The van der Waals surface area contributed by atoms with E-state index in [4.69, 9.17) is 6.57 Å². The minimum absolute atomic E-state index is 0.548. The third-order valence-corrected chi connectivity index (χ3v) is 11.1. The molecule has 0 aliphatic carbocycles. The standard InChI is InChI=1S/C50H29N5/c1-52-42-18-11-17-36(50(42)55-46-22-9-5-16-41(46)49-33(31-51)12-10-23-47(49)55)32-24-26-34(27-25-32)53-43-19-6-4-15-39(43)40-29-28-35(30-48(40)53)54-44-20-7-2-13-37(44)38-14-3-8-21-45(38)54/h2-30H. The second kappa shape index (κ2) is 11.8. The lowest BCUT2D eigenvalue weighted by atomic mass is 10.0. The molecule has 55 heavy (non-hydrogen) atoms. The zero-order chi connectivity index (χ0) is 36.6. The molecule has 5 nitrogen and oxygen atoms in total. The number of hydrogen-bond donors (Lipinski definition) is 0. The number of nitriles is 1. The number of benzene rings is 8. The van der Waals surface area contributed by atoms with Gasteiger partial charge in [-0.3, -0.25) is 0 Å². The van der Waals surface area contributed by atoms with Crippen molar-refractivity contribution in [1.29, 1.82) is 5.26 Å². The Bertz CT molecular complexity index is 3400. The molecule has 0 radical (unpaired) electrons. The fourth-order valence-electron chi connectivity index (χ4n) is 8.81. The second-order valence-corrected chi connectivity index (χ2v) is 13.9. The van der Waals surface area contributed by atoms with Gasteiger partial charge in [-0.1, -0.05) is 115 Å². The lowest BCUT2D eigenvalue weighted by Gasteiger charge is -2.17. The monoisotopic (exact) mass is 699 g/mol. The van der Waals surface area contributed by atoms with Gasteiger partial charge in [-0.05, 0) is 71.8 Å². The van der Waals surface area contributed by atoms with Gasteiger partial charge in [0.15, 0.2) is 0 Å². The molecule has 0 amide bonds. The molecule has 8 aromatic carbocycles. The molecule has 0 atom stereocenters. The fraction of sp³-hybridized carbons (Fsp3) is 0. The summed E-state index contributed by atoms with van der Waals surface area (Å²) in [6.07, 6.45) is 0. The summed E-state index contributed by atoms with van der Waals surface area (Å²) in [6.45, 7) is 8.24. The van der Waals surface area contributed by atoms with Gasteiger partial charge in [0.2, 0.25) is 5.69 Å². The van der Waals surface area contributed by atoms with Crippen molar-refractivity contribution in [2.75, 3.05) is 0 Å². The lowest BCUT2D eigenvalue weighted by Crippen LogP contribution is -1.99. The molecular weight excluding hydrogens is 671 g/mol. The van der Waals surface area contributed by atoms with Crippen molar-refractivity contribution in [2.45, 2.75) is 0 Å². The van der Waals surface area contributed by atoms with E-state index in [2.05, 4.69) is 158 Å². The highest BCUT2D eigenvalue weighted by atomic mass is 15.0. The smallest absolute Gasteiger partial charge is 0.211 e. The van der Waals surface area contributed by atoms with Crippen LogP contribution in [0.3, 0.4) is 0 Å². The van der Waals surface area contributed by atoms with E-state index < -0.39 is 0 Å². The summed E-state index contributed by atoms with van der Waals surface area (Å²) in [4.78, 5) is 4.02. The molecule has 0 saturated carbocycles. The molecule has 0 fully saturated rings. The SMILES string of the molecule is [C-]#[N+]c1cccc(-c2ccc(-n3c4ccccc4c4ccc(-n5c6ccccc6c6ccccc65)cc43)cc2)c1-n1c2ccccc2c2c(C#N)cccc21. The van der Waals surface area contributed by atoms with E-state index in [-0.39, 0.29) is 0 Å². The molecule has 0 aliphatic rings. The summed E-state index contributed by atoms with van der Waals surface area (Å²) >= 11 is 0. The van der Waals surface area contributed by atoms with Crippen LogP contribution in [0, 0.1) is 17.9 Å². The Morgan fingerprint density at radius 2 is 0.945 bits per heavy atom. The summed E-state index contributed by atoms with van der Waals surface area (Å²) in [5.74, 6) is 0. The Morgan fingerprint density at radius 1 is 0.436 bits per heavy atom. The maximum absolute atomic E-state index is 10.1. The van der Waals surface area contributed by atoms with E-state index in [9.17, 15) is 5.26 Å². The Kier molecular flexibility index (Phi) is 6.61. The van der Waals surface area contributed by atoms with Gasteiger partial charge in [-0.2, -0.15) is 5.26 Å². The first kappa shape index (κ1) is 30.7. The summed E-state index contributed by atoms with van der Waals surface area (Å²) in [6, 6.07) is 63.6. The van der Waals surface area contributed by atoms with E-state index in [1.54, 1.807) is 0 Å². The van der Waals surface area contributed by atoms with Crippen molar-refractivity contribution in [3.63, 3.8) is 0 Å². The van der Waals surface area contributed by atoms with Gasteiger partial charge < -0.3 is 13.7 Å². The summed E-state index contributed by atoms with van der Waals surface area (Å²) < 4.78 is 6.89. The first-order chi connectivity index (χ1) is 27.2. The van der Waals surface area contributed by atoms with Gasteiger partial charge in [0, 0.05) is 43.7 Å². The quantitative estimate of drug-likeness (QED) is 0.169. The number of hydrogen-bond acceptors (Lipinski definition) is 1. The Labute approximate surface area is 316 Å². The molecule has 0 aliphatic heterocycles. The highest BCUT2D eigenvalue weighted by Crippen LogP contribution is 2.42. The highest BCUT2D eigenvalue weighted by molar-refractivity contribution is 6.14. The second-order valence-electron chi connectivity index (χ2n) is 13.9. The topological polar surface area (TPSA) is 42.9 Å². The highest BCUT2D eigenvalue weighted by Gasteiger charge is 2.21. The minimum atomic E-state index is 0.548. The van der Waals surface area contributed by atoms with E-state index in [1.165, 1.54) is 32.6 Å². The molecule has 11 rings (SSSR count). The van der Waals surface area contributed by atoms with E-state index in [0.717, 1.165) is 61.0 Å². The fourth-order valence-corrected chi connectivity index (χ4v) is 8.81. The molecule has 3 heterocycles. The number of nitrogens with zero attached hydrogens (tertiary/aromatic N) is 5. The number of rotatable bonds is 4. The average Bonchev–Trinajstić information content (AvgIpc) is 3.89. The maximum atomic E-state index is 10.1. The van der Waals surface area contributed by atoms with E-state index >= 15 is 0 Å². The third-order valence-electron chi connectivity index (χ3n) is 11.1. The lowest BCUT2D eigenvalue weighted by molar-refractivity contribution is 1.15. The Hall–Kier alpha value is -7.86. The third kappa shape index (κ3) is 4.39. The molecule has 0 spiro atoms. The van der Waals surface area contributed by atoms with E-state index in [0.29, 0.717) is 11.3 Å². The van der Waals surface area contributed by atoms with Crippen molar-refractivity contribution >= 4 is 71.1 Å². The molecule has 3 aromatic heterocycles. The normalized spacial score (nSPS) is 11.6. The number of aromatic nitrogens is 3. The van der Waals surface area contributed by atoms with E-state index in [1.807, 2.05) is 42.5 Å². The van der Waals surface area contributed by atoms with Crippen LogP contribution in [0.15, 0.2) is 176 Å². The van der Waals surface area contributed by atoms with Crippen LogP contribution in [0.2, 0.25) is 0 Å². The van der Waals surface area contributed by atoms with Crippen molar-refractivity contribution in [3.8, 4) is 34.3 Å². The molecule has 0 N–H and O–H groups in total. The predicted molar refractivity (Wildman–Crippen MR) is 226 cm³/mol. The first-order valence-corrected chi connectivity index (χ1v) is 18.3. The van der Waals surface area contributed by atoms with Gasteiger partial charge in [0.25, 0.3) is 0 Å². The Morgan fingerprint density at radius 3 is 1.56 bits per heavy atom. The zero-order valence-corrected chi connectivity index (χ0v) is 29.5. The first-order valence-electron chi connectivity index (χ1n) is 18.3. The van der Waals surface area contributed by atoms with Crippen LogP contribution in [0.5, 0.6) is 0 Å². The Balaban J connectivity index is 1.11. The number of fused-ring (bicyclic) bond motifs is 9. The largest absolute Gasteiger partial charge is 0.318 e. The van der Waals surface area contributed by atoms with Crippen LogP contribution in [0.25, 0.3) is 98.5 Å². The van der Waals surface area contributed by atoms with Crippen LogP contribution in [0.4, 0.5) is 5.69 Å². The minimum Gasteiger partial charge on any atom is -0.318 e. The van der Waals surface area contributed by atoms with Crippen molar-refractivity contribution < 1.29 is 0 Å². The van der Waals surface area contributed by atoms with Gasteiger partial charge in [0.05, 0.1) is 57.0 Å². The molecular formula is C50H29N5. The van der Waals surface area contributed by atoms with Crippen molar-refractivity contribution in [2.24, 2.45) is 0 Å². The molecule has 5 heteroatoms. The van der Waals surface area contributed by atoms with Crippen LogP contribution in [0.1, 0.15) is 5.56 Å². The molecule has 11 aromatic rings. The average molecular weight is 700 g/mol. The van der Waals surface area contributed by atoms with Gasteiger partial charge in [0.1, 0.15) is 0 Å². The van der Waals surface area contributed by atoms with Gasteiger partial charge in [-0.25, -0.2) is 4.85 Å². The molecule has 0 bridgehead atoms. The number of para-hydroxylation sites is 5. The van der Waals surface area contributed by atoms with Crippen LogP contribution < -0.4 is 0 Å². The molecule has 0 unspecified atom stereocenters. The van der Waals surface area contributed by atoms with Crippen molar-refractivity contribution in [1.82, 2.24) is 13.7 Å². The van der Waals surface area contributed by atoms with Gasteiger partial charge >= 0.3 is 0 Å². The van der Waals surface area contributed by atoms with Crippen LogP contribution in [-0.4, -0.2) is 13.7 Å². The zero-order valence-electron chi connectivity index (χ0n) is 29.5. The van der Waals surface area contributed by atoms with Crippen LogP contribution in [-0.2, 0) is 0 Å². The van der Waals surface area contributed by atoms with Gasteiger partial charge in [-0.15, -0.1) is 0 Å². The summed E-state index contributed by atoms with van der Waals surface area (Å²) in [5, 5.41) is 16.8. The van der Waals surface area contributed by atoms with Crippen LogP contribution >= 0.6 is 0 Å². The van der Waals surface area contributed by atoms with Crippen molar-refractivity contribution in [3.05, 3.63) is 193 Å². The summed E-state index contributed by atoms with van der Waals surface area (Å²) in [7, 11) is 0. The predicted octanol–water partition coefficient (Wildman–Crippen LogP) is 13.1.